The molecule has 0 aliphatic carbocycles. The van der Waals surface area contributed by atoms with Crippen LogP contribution in [-0.2, 0) is 6.42 Å². The zero-order chi connectivity index (χ0) is 16.4. The Morgan fingerprint density at radius 2 is 1.96 bits per heavy atom. The number of hydrogen-bond acceptors (Lipinski definition) is 6. The molecule has 0 radical (unpaired) electrons. The summed E-state index contributed by atoms with van der Waals surface area (Å²) < 4.78 is 19.8. The molecule has 2 aromatic heterocycles. The van der Waals surface area contributed by atoms with Crippen molar-refractivity contribution < 1.29 is 8.91 Å². The maximum atomic E-state index is 12.9. The smallest absolute Gasteiger partial charge is 0.258 e. The average molecular weight is 322 g/mol. The molecule has 7 nitrogen and oxygen atoms in total. The first kappa shape index (κ1) is 14.2. The Hall–Kier alpha value is -3.42. The van der Waals surface area contributed by atoms with Crippen LogP contribution in [0, 0.1) is 5.82 Å². The van der Waals surface area contributed by atoms with Crippen LogP contribution in [0.25, 0.3) is 17.1 Å². The van der Waals surface area contributed by atoms with Gasteiger partial charge in [0, 0.05) is 12.0 Å². The van der Waals surface area contributed by atoms with Gasteiger partial charge < -0.3 is 4.52 Å². The van der Waals surface area contributed by atoms with E-state index in [0.29, 0.717) is 18.1 Å². The van der Waals surface area contributed by atoms with Gasteiger partial charge in [-0.2, -0.15) is 4.98 Å². The molecule has 24 heavy (non-hydrogen) atoms. The van der Waals surface area contributed by atoms with E-state index in [4.69, 9.17) is 4.52 Å². The molecule has 0 aliphatic rings. The van der Waals surface area contributed by atoms with E-state index in [0.717, 1.165) is 16.8 Å². The molecule has 0 bridgehead atoms. The summed E-state index contributed by atoms with van der Waals surface area (Å²) in [6.07, 6.45) is 1.98. The fraction of sp³-hybridized carbons (Fsp3) is 0.0625. The largest absolute Gasteiger partial charge is 0.334 e. The second-order valence-electron chi connectivity index (χ2n) is 5.12. The summed E-state index contributed by atoms with van der Waals surface area (Å²) in [6, 6.07) is 13.7. The van der Waals surface area contributed by atoms with Gasteiger partial charge in [-0.15, -0.1) is 5.10 Å². The van der Waals surface area contributed by atoms with Crippen LogP contribution < -0.4 is 0 Å². The van der Waals surface area contributed by atoms with Crippen LogP contribution in [0.3, 0.4) is 0 Å². The van der Waals surface area contributed by atoms with Crippen LogP contribution in [0.2, 0.25) is 0 Å². The lowest BCUT2D eigenvalue weighted by atomic mass is 10.1. The second-order valence-corrected chi connectivity index (χ2v) is 5.12. The minimum absolute atomic E-state index is 0.271. The lowest BCUT2D eigenvalue weighted by molar-refractivity contribution is 0.424. The van der Waals surface area contributed by atoms with Gasteiger partial charge in [-0.1, -0.05) is 23.4 Å². The Kier molecular flexibility index (Phi) is 3.54. The van der Waals surface area contributed by atoms with Gasteiger partial charge in [0.15, 0.2) is 5.82 Å². The molecule has 0 N–H and O–H groups in total. The van der Waals surface area contributed by atoms with Crippen LogP contribution in [0.1, 0.15) is 11.4 Å². The number of hydrogen-bond donors (Lipinski definition) is 0. The summed E-state index contributed by atoms with van der Waals surface area (Å²) in [5, 5.41) is 15.0. The van der Waals surface area contributed by atoms with Crippen molar-refractivity contribution in [3.63, 3.8) is 0 Å². The van der Waals surface area contributed by atoms with E-state index in [2.05, 4.69) is 25.7 Å². The van der Waals surface area contributed by atoms with Crippen LogP contribution >= 0.6 is 0 Å². The molecule has 0 unspecified atom stereocenters. The molecule has 2 heterocycles. The first-order valence-corrected chi connectivity index (χ1v) is 7.19. The number of nitrogens with zero attached hydrogens (tertiary/aromatic N) is 6. The number of halogens is 1. The topological polar surface area (TPSA) is 82.5 Å². The van der Waals surface area contributed by atoms with E-state index in [1.54, 1.807) is 16.8 Å². The maximum absolute atomic E-state index is 12.9. The zero-order valence-electron chi connectivity index (χ0n) is 12.4. The van der Waals surface area contributed by atoms with Gasteiger partial charge in [0.25, 0.3) is 5.89 Å². The van der Waals surface area contributed by atoms with Crippen molar-refractivity contribution in [1.29, 1.82) is 0 Å². The molecular formula is C16H11FN6O. The summed E-state index contributed by atoms with van der Waals surface area (Å²) in [5.41, 5.74) is 2.46. The Morgan fingerprint density at radius 1 is 1.08 bits per heavy atom. The highest BCUT2D eigenvalue weighted by molar-refractivity contribution is 5.57. The van der Waals surface area contributed by atoms with Crippen molar-refractivity contribution in [2.45, 2.75) is 6.42 Å². The summed E-state index contributed by atoms with van der Waals surface area (Å²) >= 11 is 0. The molecule has 8 heteroatoms. The van der Waals surface area contributed by atoms with E-state index >= 15 is 0 Å². The molecule has 0 amide bonds. The third-order valence-corrected chi connectivity index (χ3v) is 3.45. The van der Waals surface area contributed by atoms with Gasteiger partial charge in [-0.3, -0.25) is 0 Å². The van der Waals surface area contributed by atoms with Gasteiger partial charge in [-0.25, -0.2) is 9.07 Å². The van der Waals surface area contributed by atoms with Gasteiger partial charge in [0.05, 0.1) is 5.69 Å². The summed E-state index contributed by atoms with van der Waals surface area (Å²) in [6.45, 7) is 0. The number of aromatic nitrogens is 6. The lowest BCUT2D eigenvalue weighted by Crippen LogP contribution is -1.95. The third kappa shape index (κ3) is 2.89. The molecule has 0 aliphatic heterocycles. The minimum atomic E-state index is -0.271. The molecule has 0 saturated heterocycles. The molecule has 4 rings (SSSR count). The normalized spacial score (nSPS) is 10.9. The van der Waals surface area contributed by atoms with Gasteiger partial charge in [-0.05, 0) is 46.3 Å². The molecule has 2 aromatic carbocycles. The fourth-order valence-electron chi connectivity index (χ4n) is 2.29. The molecule has 4 aromatic rings. The van der Waals surface area contributed by atoms with Crippen LogP contribution in [0.15, 0.2) is 59.4 Å². The SMILES string of the molecule is Fc1ccc(Cc2noc(-c3cccc(-n4cnnn4)c3)n2)cc1. The lowest BCUT2D eigenvalue weighted by Gasteiger charge is -2.00. The second kappa shape index (κ2) is 5.99. The average Bonchev–Trinajstić information content (AvgIpc) is 3.29. The van der Waals surface area contributed by atoms with Gasteiger partial charge in [0.2, 0.25) is 0 Å². The van der Waals surface area contributed by atoms with E-state index in [1.165, 1.54) is 18.5 Å². The molecular weight excluding hydrogens is 311 g/mol. The van der Waals surface area contributed by atoms with E-state index in [-0.39, 0.29) is 5.82 Å². The predicted molar refractivity (Wildman–Crippen MR) is 81.7 cm³/mol. The Morgan fingerprint density at radius 3 is 2.75 bits per heavy atom. The van der Waals surface area contributed by atoms with Crippen molar-refractivity contribution in [3.05, 3.63) is 72.1 Å². The van der Waals surface area contributed by atoms with Gasteiger partial charge >= 0.3 is 0 Å². The van der Waals surface area contributed by atoms with Crippen LogP contribution in [-0.4, -0.2) is 30.3 Å². The maximum Gasteiger partial charge on any atom is 0.258 e. The highest BCUT2D eigenvalue weighted by atomic mass is 19.1. The molecule has 0 atom stereocenters. The van der Waals surface area contributed by atoms with E-state index < -0.39 is 0 Å². The Balaban J connectivity index is 1.58. The van der Waals surface area contributed by atoms with Crippen LogP contribution in [0.4, 0.5) is 4.39 Å². The Labute approximate surface area is 135 Å². The molecule has 0 saturated carbocycles. The molecule has 0 fully saturated rings. The van der Waals surface area contributed by atoms with Crippen molar-refractivity contribution >= 4 is 0 Å². The molecule has 118 valence electrons. The zero-order valence-corrected chi connectivity index (χ0v) is 12.4. The van der Waals surface area contributed by atoms with Crippen molar-refractivity contribution in [1.82, 2.24) is 30.3 Å². The third-order valence-electron chi connectivity index (χ3n) is 3.45. The highest BCUT2D eigenvalue weighted by Crippen LogP contribution is 2.20. The minimum Gasteiger partial charge on any atom is -0.334 e. The van der Waals surface area contributed by atoms with Crippen molar-refractivity contribution in [3.8, 4) is 17.1 Å². The number of rotatable bonds is 4. The summed E-state index contributed by atoms with van der Waals surface area (Å²) in [5.74, 6) is 0.665. The quantitative estimate of drug-likeness (QED) is 0.574. The van der Waals surface area contributed by atoms with Crippen molar-refractivity contribution in [2.24, 2.45) is 0 Å². The monoisotopic (exact) mass is 322 g/mol. The number of tetrazole rings is 1. The standard InChI is InChI=1S/C16H11FN6O/c17-13-6-4-11(5-7-13)8-15-19-16(24-20-15)12-2-1-3-14(9-12)23-10-18-21-22-23/h1-7,9-10H,8H2. The fourth-order valence-corrected chi connectivity index (χ4v) is 2.29. The Bertz CT molecular complexity index is 949. The van der Waals surface area contributed by atoms with E-state index in [9.17, 15) is 4.39 Å². The summed E-state index contributed by atoms with van der Waals surface area (Å²) in [4.78, 5) is 4.39. The van der Waals surface area contributed by atoms with Crippen molar-refractivity contribution in [2.75, 3.05) is 0 Å². The van der Waals surface area contributed by atoms with Crippen LogP contribution in [0.5, 0.6) is 0 Å². The highest BCUT2D eigenvalue weighted by Gasteiger charge is 2.11. The first-order valence-electron chi connectivity index (χ1n) is 7.19. The van der Waals surface area contributed by atoms with Gasteiger partial charge in [0.1, 0.15) is 12.1 Å². The first-order chi connectivity index (χ1) is 11.8. The molecule has 0 spiro atoms. The number of benzene rings is 2. The summed E-state index contributed by atoms with van der Waals surface area (Å²) in [7, 11) is 0. The predicted octanol–water partition coefficient (Wildman–Crippen LogP) is 2.44. The van der Waals surface area contributed by atoms with E-state index in [1.807, 2.05) is 24.3 Å².